The molecule has 114 valence electrons. The van der Waals surface area contributed by atoms with E-state index in [1.165, 1.54) is 0 Å². The molecule has 0 unspecified atom stereocenters. The average Bonchev–Trinajstić information content (AvgIpc) is 2.89. The first-order valence-corrected chi connectivity index (χ1v) is 7.13. The van der Waals surface area contributed by atoms with Gasteiger partial charge in [-0.2, -0.15) is 0 Å². The van der Waals surface area contributed by atoms with E-state index < -0.39 is 12.0 Å². The number of rotatable bonds is 3. The molecule has 1 fully saturated rings. The van der Waals surface area contributed by atoms with Gasteiger partial charge in [-0.25, -0.2) is 0 Å². The normalized spacial score (nSPS) is 27.4. The number of carbonyl (C=O) groups excluding carboxylic acids is 2. The zero-order valence-corrected chi connectivity index (χ0v) is 12.1. The van der Waals surface area contributed by atoms with Gasteiger partial charge in [0.1, 0.15) is 6.33 Å². The Morgan fingerprint density at radius 2 is 2.24 bits per heavy atom. The summed E-state index contributed by atoms with van der Waals surface area (Å²) in [5, 5.41) is 20.2. The van der Waals surface area contributed by atoms with Crippen LogP contribution in [0.1, 0.15) is 19.7 Å². The van der Waals surface area contributed by atoms with Crippen LogP contribution in [0.15, 0.2) is 6.33 Å². The highest BCUT2D eigenvalue weighted by atomic mass is 16.3. The quantitative estimate of drug-likeness (QED) is 0.678. The van der Waals surface area contributed by atoms with Gasteiger partial charge in [0, 0.05) is 13.1 Å². The molecule has 1 aromatic rings. The molecule has 3 rings (SSSR count). The van der Waals surface area contributed by atoms with Gasteiger partial charge in [-0.15, -0.1) is 10.2 Å². The molecule has 4 atom stereocenters. The largest absolute Gasteiger partial charge is 0.393 e. The second kappa shape index (κ2) is 5.10. The molecule has 21 heavy (non-hydrogen) atoms. The average molecular weight is 293 g/mol. The van der Waals surface area contributed by atoms with E-state index in [9.17, 15) is 14.7 Å². The first-order valence-electron chi connectivity index (χ1n) is 7.13. The number of aliphatic hydroxyl groups excluding tert-OH is 1. The maximum absolute atomic E-state index is 12.6. The van der Waals surface area contributed by atoms with Crippen LogP contribution in [0.4, 0.5) is 0 Å². The maximum Gasteiger partial charge on any atom is 0.228 e. The number of carbonyl (C=O) groups is 2. The standard InChI is InChI=1S/C13H19N5O3/c1-7(11-10(8(2)19)12(20)15-11)13(21)17-3-4-18-6-14-16-9(18)5-17/h6-8,10-11,19H,3-5H2,1-2H3,(H,15,20)/t7-,8-,10-,11-/m1/s1. The third-order valence-electron chi connectivity index (χ3n) is 4.40. The number of nitrogens with one attached hydrogen (secondary N) is 1. The molecule has 2 amide bonds. The summed E-state index contributed by atoms with van der Waals surface area (Å²) < 4.78 is 1.93. The van der Waals surface area contributed by atoms with Crippen LogP contribution in [-0.2, 0) is 22.7 Å². The third-order valence-corrected chi connectivity index (χ3v) is 4.40. The topological polar surface area (TPSA) is 100 Å². The van der Waals surface area contributed by atoms with Crippen molar-refractivity contribution in [2.24, 2.45) is 11.8 Å². The SMILES string of the molecule is C[C@@H](O)[C@H]1C(=O)N[C@@H]1[C@@H](C)C(=O)N1CCn2cnnc2C1. The number of nitrogens with zero attached hydrogens (tertiary/aromatic N) is 4. The first kappa shape index (κ1) is 14.0. The molecule has 0 spiro atoms. The highest BCUT2D eigenvalue weighted by molar-refractivity contribution is 5.90. The Morgan fingerprint density at radius 1 is 1.48 bits per heavy atom. The molecule has 0 aromatic carbocycles. The van der Waals surface area contributed by atoms with Crippen LogP contribution < -0.4 is 5.32 Å². The second-order valence-corrected chi connectivity index (χ2v) is 5.79. The molecule has 1 aromatic heterocycles. The molecule has 2 aliphatic rings. The van der Waals surface area contributed by atoms with Gasteiger partial charge in [0.2, 0.25) is 11.8 Å². The summed E-state index contributed by atoms with van der Waals surface area (Å²) in [6, 6.07) is -0.301. The number of aromatic nitrogens is 3. The fraction of sp³-hybridized carbons (Fsp3) is 0.692. The Hall–Kier alpha value is -1.96. The summed E-state index contributed by atoms with van der Waals surface area (Å²) in [5.74, 6) is -0.311. The van der Waals surface area contributed by atoms with Gasteiger partial charge < -0.3 is 19.9 Å². The number of fused-ring (bicyclic) bond motifs is 1. The van der Waals surface area contributed by atoms with E-state index in [2.05, 4.69) is 15.5 Å². The van der Waals surface area contributed by atoms with Crippen LogP contribution in [0.25, 0.3) is 0 Å². The van der Waals surface area contributed by atoms with E-state index in [1.54, 1.807) is 25.1 Å². The molecule has 8 heteroatoms. The predicted octanol–water partition coefficient (Wildman–Crippen LogP) is -1.25. The second-order valence-electron chi connectivity index (χ2n) is 5.79. The highest BCUT2D eigenvalue weighted by Crippen LogP contribution is 2.27. The maximum atomic E-state index is 12.6. The van der Waals surface area contributed by atoms with Crippen molar-refractivity contribution in [1.29, 1.82) is 0 Å². The van der Waals surface area contributed by atoms with Crippen molar-refractivity contribution in [2.75, 3.05) is 6.54 Å². The van der Waals surface area contributed by atoms with E-state index in [0.29, 0.717) is 19.6 Å². The monoisotopic (exact) mass is 293 g/mol. The number of amides is 2. The minimum atomic E-state index is -0.747. The number of aliphatic hydroxyl groups is 1. The predicted molar refractivity (Wildman–Crippen MR) is 71.7 cm³/mol. The van der Waals surface area contributed by atoms with Gasteiger partial charge in [-0.1, -0.05) is 6.92 Å². The number of hydrogen-bond donors (Lipinski definition) is 2. The lowest BCUT2D eigenvalue weighted by molar-refractivity contribution is -0.149. The fourth-order valence-electron chi connectivity index (χ4n) is 3.07. The van der Waals surface area contributed by atoms with Crippen molar-refractivity contribution >= 4 is 11.8 Å². The zero-order valence-electron chi connectivity index (χ0n) is 12.1. The molecule has 8 nitrogen and oxygen atoms in total. The summed E-state index contributed by atoms with van der Waals surface area (Å²) in [6.07, 6.45) is 0.916. The summed E-state index contributed by atoms with van der Waals surface area (Å²) in [5.41, 5.74) is 0. The molecular formula is C13H19N5O3. The van der Waals surface area contributed by atoms with E-state index in [1.807, 2.05) is 4.57 Å². The molecule has 0 bridgehead atoms. The van der Waals surface area contributed by atoms with Crippen molar-refractivity contribution in [3.63, 3.8) is 0 Å². The van der Waals surface area contributed by atoms with Crippen LogP contribution >= 0.6 is 0 Å². The van der Waals surface area contributed by atoms with E-state index in [4.69, 9.17) is 0 Å². The van der Waals surface area contributed by atoms with Gasteiger partial charge >= 0.3 is 0 Å². The van der Waals surface area contributed by atoms with Crippen molar-refractivity contribution in [2.45, 2.75) is 39.1 Å². The molecule has 0 aliphatic carbocycles. The van der Waals surface area contributed by atoms with Crippen LogP contribution in [0.3, 0.4) is 0 Å². The lowest BCUT2D eigenvalue weighted by Gasteiger charge is -2.43. The molecule has 2 N–H and O–H groups in total. The Kier molecular flexibility index (Phi) is 3.40. The van der Waals surface area contributed by atoms with Crippen LogP contribution in [0.2, 0.25) is 0 Å². The molecule has 1 saturated heterocycles. The first-order chi connectivity index (χ1) is 9.99. The lowest BCUT2D eigenvalue weighted by atomic mass is 9.78. The molecular weight excluding hydrogens is 274 g/mol. The van der Waals surface area contributed by atoms with Gasteiger partial charge in [0.15, 0.2) is 5.82 Å². The molecule has 2 aliphatic heterocycles. The van der Waals surface area contributed by atoms with E-state index in [0.717, 1.165) is 5.82 Å². The van der Waals surface area contributed by atoms with E-state index in [-0.39, 0.29) is 23.8 Å². The van der Waals surface area contributed by atoms with Crippen LogP contribution in [-0.4, -0.2) is 55.3 Å². The van der Waals surface area contributed by atoms with Gasteiger partial charge in [-0.05, 0) is 6.92 Å². The summed E-state index contributed by atoms with van der Waals surface area (Å²) >= 11 is 0. The minimum absolute atomic E-state index is 0.0279. The van der Waals surface area contributed by atoms with Gasteiger partial charge in [0.05, 0.1) is 30.5 Å². The van der Waals surface area contributed by atoms with Crippen molar-refractivity contribution in [1.82, 2.24) is 25.0 Å². The minimum Gasteiger partial charge on any atom is -0.393 e. The van der Waals surface area contributed by atoms with Crippen molar-refractivity contribution < 1.29 is 14.7 Å². The summed E-state index contributed by atoms with van der Waals surface area (Å²) in [7, 11) is 0. The smallest absolute Gasteiger partial charge is 0.228 e. The summed E-state index contributed by atoms with van der Waals surface area (Å²) in [6.45, 7) is 5.09. The number of hydrogen-bond acceptors (Lipinski definition) is 5. The molecule has 0 saturated carbocycles. The molecule has 0 radical (unpaired) electrons. The van der Waals surface area contributed by atoms with Crippen LogP contribution in [0, 0.1) is 11.8 Å². The highest BCUT2D eigenvalue weighted by Gasteiger charge is 2.48. The summed E-state index contributed by atoms with van der Waals surface area (Å²) in [4.78, 5) is 25.8. The molecule has 3 heterocycles. The van der Waals surface area contributed by atoms with Crippen molar-refractivity contribution in [3.05, 3.63) is 12.2 Å². The van der Waals surface area contributed by atoms with Crippen molar-refractivity contribution in [3.8, 4) is 0 Å². The fourth-order valence-corrected chi connectivity index (χ4v) is 3.07. The Balaban J connectivity index is 1.67. The Bertz CT molecular complexity index is 570. The van der Waals surface area contributed by atoms with E-state index >= 15 is 0 Å². The Morgan fingerprint density at radius 3 is 2.90 bits per heavy atom. The lowest BCUT2D eigenvalue weighted by Crippen LogP contribution is -2.66. The van der Waals surface area contributed by atoms with Gasteiger partial charge in [-0.3, -0.25) is 9.59 Å². The number of β-lactam (4-membered cyclic amide) rings is 1. The Labute approximate surface area is 122 Å². The van der Waals surface area contributed by atoms with Gasteiger partial charge in [0.25, 0.3) is 0 Å². The third kappa shape index (κ3) is 2.29. The zero-order chi connectivity index (χ0) is 15.1. The van der Waals surface area contributed by atoms with Crippen LogP contribution in [0.5, 0.6) is 0 Å².